The van der Waals surface area contributed by atoms with Crippen molar-refractivity contribution in [3.8, 4) is 0 Å². The van der Waals surface area contributed by atoms with Gasteiger partial charge in [-0.05, 0) is 30.9 Å². The number of piperazine rings is 1. The maximum absolute atomic E-state index is 13.9. The zero-order valence-electron chi connectivity index (χ0n) is 18.0. The van der Waals surface area contributed by atoms with E-state index in [0.29, 0.717) is 25.0 Å². The molecule has 7 nitrogen and oxygen atoms in total. The SMILES string of the molecule is COC(=O)C1=C2C3CCC(CN2C(C(F)(F)F)N1)N3C(=O)CC(N)Cc1cc(F)c(F)cc1F. The maximum Gasteiger partial charge on any atom is 0.427 e. The monoisotopic (exact) mass is 492 g/mol. The lowest BCUT2D eigenvalue weighted by Gasteiger charge is -2.44. The van der Waals surface area contributed by atoms with Crippen LogP contribution in [0.2, 0.25) is 0 Å². The van der Waals surface area contributed by atoms with E-state index < -0.39 is 59.8 Å². The first-order valence-electron chi connectivity index (χ1n) is 10.5. The van der Waals surface area contributed by atoms with Crippen LogP contribution in [0.1, 0.15) is 24.8 Å². The molecule has 4 atom stereocenters. The smallest absolute Gasteiger partial charge is 0.427 e. The molecular formula is C21H22F6N4O3. The van der Waals surface area contributed by atoms with Gasteiger partial charge in [-0.25, -0.2) is 18.0 Å². The largest absolute Gasteiger partial charge is 0.464 e. The first-order valence-corrected chi connectivity index (χ1v) is 10.5. The minimum atomic E-state index is -4.68. The van der Waals surface area contributed by atoms with Crippen LogP contribution in [-0.4, -0.2) is 65.8 Å². The number of ether oxygens (including phenoxy) is 1. The highest BCUT2D eigenvalue weighted by molar-refractivity contribution is 5.90. The van der Waals surface area contributed by atoms with E-state index >= 15 is 0 Å². The fraction of sp³-hybridized carbons (Fsp3) is 0.524. The third-order valence-electron chi connectivity index (χ3n) is 6.38. The number of carbonyl (C=O) groups excluding carboxylic acids is 2. The summed E-state index contributed by atoms with van der Waals surface area (Å²) in [5, 5.41) is 2.19. The molecule has 0 aromatic heterocycles. The summed E-state index contributed by atoms with van der Waals surface area (Å²) >= 11 is 0. The molecule has 3 aliphatic heterocycles. The lowest BCUT2D eigenvalue weighted by molar-refractivity contribution is -0.185. The molecule has 0 radical (unpaired) electrons. The summed E-state index contributed by atoms with van der Waals surface area (Å²) in [6.45, 7) is -0.151. The standard InChI is InChI=1S/C21H22F6N4O3/c1-34-19(33)17-18-15-3-2-11(8-30(18)20(29-17)21(25,26)27)31(15)16(32)6-10(28)4-9-5-13(23)14(24)7-12(9)22/h5,7,10-11,15,20,29H,2-4,6,8,28H2,1H3. The second-order valence-corrected chi connectivity index (χ2v) is 8.57. The van der Waals surface area contributed by atoms with Gasteiger partial charge in [-0.3, -0.25) is 4.79 Å². The summed E-state index contributed by atoms with van der Waals surface area (Å²) in [6, 6.07) is -1.23. The minimum Gasteiger partial charge on any atom is -0.464 e. The zero-order chi connectivity index (χ0) is 24.9. The van der Waals surface area contributed by atoms with Gasteiger partial charge < -0.3 is 25.6 Å². The quantitative estimate of drug-likeness (QED) is 0.371. The molecule has 3 N–H and O–H groups in total. The number of nitrogens with one attached hydrogen (secondary N) is 1. The summed E-state index contributed by atoms with van der Waals surface area (Å²) < 4.78 is 86.0. The van der Waals surface area contributed by atoms with E-state index in [4.69, 9.17) is 5.73 Å². The number of halogens is 6. The first-order chi connectivity index (χ1) is 15.9. The van der Waals surface area contributed by atoms with Crippen molar-refractivity contribution in [2.24, 2.45) is 5.73 Å². The molecule has 3 heterocycles. The van der Waals surface area contributed by atoms with Crippen LogP contribution in [0.15, 0.2) is 23.5 Å². The number of methoxy groups -OCH3 is 1. The van der Waals surface area contributed by atoms with E-state index in [9.17, 15) is 35.9 Å². The average molecular weight is 492 g/mol. The number of nitrogens with two attached hydrogens (primary N) is 1. The van der Waals surface area contributed by atoms with Gasteiger partial charge in [0.05, 0.1) is 24.9 Å². The second-order valence-electron chi connectivity index (χ2n) is 8.57. The van der Waals surface area contributed by atoms with Gasteiger partial charge in [-0.15, -0.1) is 0 Å². The van der Waals surface area contributed by atoms with Crippen LogP contribution in [-0.2, 0) is 20.7 Å². The van der Waals surface area contributed by atoms with E-state index in [0.717, 1.165) is 12.0 Å². The fourth-order valence-electron chi connectivity index (χ4n) is 5.00. The Labute approximate surface area is 190 Å². The van der Waals surface area contributed by atoms with E-state index in [1.807, 2.05) is 0 Å². The number of carbonyl (C=O) groups is 2. The van der Waals surface area contributed by atoms with Gasteiger partial charge in [0, 0.05) is 25.1 Å². The van der Waals surface area contributed by atoms with Crippen molar-refractivity contribution in [2.75, 3.05) is 13.7 Å². The summed E-state index contributed by atoms with van der Waals surface area (Å²) in [4.78, 5) is 27.8. The molecule has 13 heteroatoms. The maximum atomic E-state index is 13.9. The first kappa shape index (κ1) is 24.2. The molecule has 4 rings (SSSR count). The van der Waals surface area contributed by atoms with Crippen molar-refractivity contribution < 1.29 is 40.7 Å². The van der Waals surface area contributed by atoms with Crippen molar-refractivity contribution in [1.29, 1.82) is 0 Å². The van der Waals surface area contributed by atoms with Crippen molar-refractivity contribution in [2.45, 2.75) is 56.2 Å². The normalized spacial score (nSPS) is 24.8. The number of hydrogen-bond acceptors (Lipinski definition) is 6. The molecular weight excluding hydrogens is 470 g/mol. The fourth-order valence-corrected chi connectivity index (χ4v) is 5.00. The number of nitrogens with zero attached hydrogens (tertiary/aromatic N) is 2. The van der Waals surface area contributed by atoms with Crippen molar-refractivity contribution in [3.05, 3.63) is 46.5 Å². The molecule has 34 heavy (non-hydrogen) atoms. The Kier molecular flexibility index (Phi) is 6.17. The third kappa shape index (κ3) is 4.17. The molecule has 0 saturated carbocycles. The Morgan fingerprint density at radius 3 is 2.50 bits per heavy atom. The number of fused-ring (bicyclic) bond motifs is 4. The third-order valence-corrected chi connectivity index (χ3v) is 6.38. The highest BCUT2D eigenvalue weighted by Gasteiger charge is 2.57. The Bertz CT molecular complexity index is 1050. The number of amides is 1. The van der Waals surface area contributed by atoms with Crippen LogP contribution >= 0.6 is 0 Å². The summed E-state index contributed by atoms with van der Waals surface area (Å²) in [5.74, 6) is -5.07. The molecule has 4 unspecified atom stereocenters. The Balaban J connectivity index is 1.54. The highest BCUT2D eigenvalue weighted by atomic mass is 19.4. The second kappa shape index (κ2) is 8.67. The predicted octanol–water partition coefficient (Wildman–Crippen LogP) is 1.92. The van der Waals surface area contributed by atoms with E-state index in [1.54, 1.807) is 0 Å². The molecule has 2 fully saturated rings. The summed E-state index contributed by atoms with van der Waals surface area (Å²) in [6.07, 6.45) is -6.59. The van der Waals surface area contributed by atoms with Gasteiger partial charge in [0.2, 0.25) is 5.91 Å². The highest BCUT2D eigenvalue weighted by Crippen LogP contribution is 2.44. The van der Waals surface area contributed by atoms with Crippen molar-refractivity contribution >= 4 is 11.9 Å². The van der Waals surface area contributed by atoms with Crippen molar-refractivity contribution in [1.82, 2.24) is 15.1 Å². The number of alkyl halides is 3. The van der Waals surface area contributed by atoms with Gasteiger partial charge in [0.25, 0.3) is 0 Å². The molecule has 2 bridgehead atoms. The molecule has 0 aliphatic carbocycles. The van der Waals surface area contributed by atoms with Gasteiger partial charge in [0.1, 0.15) is 11.5 Å². The van der Waals surface area contributed by atoms with Crippen molar-refractivity contribution in [3.63, 3.8) is 0 Å². The number of rotatable bonds is 5. The number of benzene rings is 1. The van der Waals surface area contributed by atoms with Gasteiger partial charge >= 0.3 is 12.1 Å². The number of esters is 1. The lowest BCUT2D eigenvalue weighted by Crippen LogP contribution is -2.59. The summed E-state index contributed by atoms with van der Waals surface area (Å²) in [5.41, 5.74) is 5.47. The Morgan fingerprint density at radius 2 is 1.85 bits per heavy atom. The summed E-state index contributed by atoms with van der Waals surface area (Å²) in [7, 11) is 1.04. The van der Waals surface area contributed by atoms with Crippen LogP contribution in [0.25, 0.3) is 0 Å². The molecule has 3 aliphatic rings. The zero-order valence-corrected chi connectivity index (χ0v) is 18.0. The number of hydrogen-bond donors (Lipinski definition) is 2. The molecule has 186 valence electrons. The van der Waals surface area contributed by atoms with Crippen LogP contribution in [0.4, 0.5) is 26.3 Å². The molecule has 1 aromatic carbocycles. The lowest BCUT2D eigenvalue weighted by atomic mass is 10.0. The minimum absolute atomic E-state index is 0.0384. The van der Waals surface area contributed by atoms with Gasteiger partial charge in [-0.1, -0.05) is 0 Å². The van der Waals surface area contributed by atoms with Crippen LogP contribution in [0, 0.1) is 17.5 Å². The Morgan fingerprint density at radius 1 is 1.18 bits per heavy atom. The van der Waals surface area contributed by atoms with E-state index in [1.165, 1.54) is 4.90 Å². The molecule has 0 spiro atoms. The van der Waals surface area contributed by atoms with Crippen LogP contribution in [0.5, 0.6) is 0 Å². The Hall–Kier alpha value is -2.96. The van der Waals surface area contributed by atoms with Crippen LogP contribution < -0.4 is 11.1 Å². The molecule has 2 saturated heterocycles. The predicted molar refractivity (Wildman–Crippen MR) is 105 cm³/mol. The van der Waals surface area contributed by atoms with E-state index in [-0.39, 0.29) is 36.3 Å². The van der Waals surface area contributed by atoms with Crippen LogP contribution in [0.3, 0.4) is 0 Å². The molecule has 1 amide bonds. The average Bonchev–Trinajstić information content (AvgIpc) is 3.29. The van der Waals surface area contributed by atoms with E-state index in [2.05, 4.69) is 10.1 Å². The molecule has 1 aromatic rings. The topological polar surface area (TPSA) is 87.9 Å². The van der Waals surface area contributed by atoms with Gasteiger partial charge in [0.15, 0.2) is 17.8 Å². The van der Waals surface area contributed by atoms with Gasteiger partial charge in [-0.2, -0.15) is 13.2 Å².